The summed E-state index contributed by atoms with van der Waals surface area (Å²) < 4.78 is 27.3. The number of nitrogens with one attached hydrogen (secondary N) is 1. The number of hydrogen-bond donors (Lipinski definition) is 3. The highest BCUT2D eigenvalue weighted by Crippen LogP contribution is 2.21. The molecule has 0 aliphatic heterocycles. The number of carboxylic acid groups (broad SMARTS) is 1. The average Bonchev–Trinajstić information content (AvgIpc) is 2.38. The lowest BCUT2D eigenvalue weighted by molar-refractivity contribution is 0.0696. The van der Waals surface area contributed by atoms with Gasteiger partial charge < -0.3 is 10.2 Å². The maximum absolute atomic E-state index is 12.4. The summed E-state index contributed by atoms with van der Waals surface area (Å²) in [6.45, 7) is 4.99. The fourth-order valence-electron chi connectivity index (χ4n) is 1.93. The normalized spacial score (nSPS) is 14.7. The first-order chi connectivity index (χ1) is 9.65. The van der Waals surface area contributed by atoms with E-state index in [2.05, 4.69) is 4.72 Å². The Kier molecular flexibility index (Phi) is 5.49. The molecule has 6 nitrogen and oxygen atoms in total. The van der Waals surface area contributed by atoms with E-state index in [0.29, 0.717) is 12.0 Å². The van der Waals surface area contributed by atoms with Gasteiger partial charge in [0.1, 0.15) is 0 Å². The summed E-state index contributed by atoms with van der Waals surface area (Å²) in [5.74, 6) is -1.17. The van der Waals surface area contributed by atoms with E-state index in [9.17, 15) is 13.2 Å². The van der Waals surface area contributed by atoms with Crippen LogP contribution in [0.25, 0.3) is 0 Å². The minimum Gasteiger partial charge on any atom is -0.478 e. The van der Waals surface area contributed by atoms with Crippen molar-refractivity contribution in [3.8, 4) is 0 Å². The van der Waals surface area contributed by atoms with Gasteiger partial charge in [0.2, 0.25) is 10.0 Å². The molecule has 0 aliphatic carbocycles. The predicted octanol–water partition coefficient (Wildman–Crippen LogP) is 1.52. The molecule has 0 heterocycles. The number of carboxylic acids is 1. The van der Waals surface area contributed by atoms with E-state index >= 15 is 0 Å². The summed E-state index contributed by atoms with van der Waals surface area (Å²) in [6, 6.07) is 3.99. The van der Waals surface area contributed by atoms with Crippen molar-refractivity contribution in [3.63, 3.8) is 0 Å². The van der Waals surface area contributed by atoms with Crippen LogP contribution in [-0.2, 0) is 10.0 Å². The fourth-order valence-corrected chi connectivity index (χ4v) is 3.46. The van der Waals surface area contributed by atoms with Crippen molar-refractivity contribution in [1.29, 1.82) is 0 Å². The molecular formula is C14H21NO5S. The van der Waals surface area contributed by atoms with Gasteiger partial charge >= 0.3 is 5.97 Å². The Labute approximate surface area is 124 Å². The van der Waals surface area contributed by atoms with E-state index in [1.165, 1.54) is 12.1 Å². The van der Waals surface area contributed by atoms with Crippen molar-refractivity contribution < 1.29 is 23.4 Å². The number of aliphatic hydroxyl groups excluding tert-OH is 1. The number of carbonyl (C=O) groups is 1. The van der Waals surface area contributed by atoms with Gasteiger partial charge in [-0.1, -0.05) is 13.0 Å². The largest absolute Gasteiger partial charge is 0.478 e. The maximum atomic E-state index is 12.4. The second-order valence-corrected chi connectivity index (χ2v) is 6.96. The Morgan fingerprint density at radius 3 is 2.48 bits per heavy atom. The first-order valence-corrected chi connectivity index (χ1v) is 8.12. The van der Waals surface area contributed by atoms with Crippen molar-refractivity contribution in [2.75, 3.05) is 6.61 Å². The Morgan fingerprint density at radius 1 is 1.38 bits per heavy atom. The topological polar surface area (TPSA) is 104 Å². The number of aromatic carboxylic acids is 1. The summed E-state index contributed by atoms with van der Waals surface area (Å²) in [5, 5.41) is 18.1. The standard InChI is InChI=1S/C14H21NO5S/c1-4-14(3,7-8-16)15-21(19,20)11-6-5-10(2)12(9-11)13(17)18/h5-6,9,15-16H,4,7-8H2,1-3H3,(H,17,18). The quantitative estimate of drug-likeness (QED) is 0.708. The summed E-state index contributed by atoms with van der Waals surface area (Å²) in [7, 11) is -3.85. The minimum absolute atomic E-state index is 0.0433. The van der Waals surface area contributed by atoms with Crippen molar-refractivity contribution in [2.24, 2.45) is 0 Å². The molecule has 7 heteroatoms. The number of benzene rings is 1. The SMILES string of the molecule is CCC(C)(CCO)NS(=O)(=O)c1ccc(C)c(C(=O)O)c1. The van der Waals surface area contributed by atoms with E-state index in [-0.39, 0.29) is 23.5 Å². The number of aryl methyl sites for hydroxylation is 1. The Hall–Kier alpha value is -1.44. The molecule has 1 aromatic carbocycles. The Balaban J connectivity index is 3.20. The van der Waals surface area contributed by atoms with Crippen molar-refractivity contribution in [3.05, 3.63) is 29.3 Å². The third kappa shape index (κ3) is 4.26. The molecule has 1 aromatic rings. The van der Waals surface area contributed by atoms with E-state index < -0.39 is 21.5 Å². The lowest BCUT2D eigenvalue weighted by Gasteiger charge is -2.28. The second-order valence-electron chi connectivity index (χ2n) is 5.28. The molecular weight excluding hydrogens is 294 g/mol. The van der Waals surface area contributed by atoms with Crippen LogP contribution in [0.3, 0.4) is 0 Å². The summed E-state index contributed by atoms with van der Waals surface area (Å²) in [4.78, 5) is 11.0. The van der Waals surface area contributed by atoms with Gasteiger partial charge in [0, 0.05) is 12.1 Å². The van der Waals surface area contributed by atoms with Crippen molar-refractivity contribution in [2.45, 2.75) is 44.0 Å². The highest BCUT2D eigenvalue weighted by atomic mass is 32.2. The monoisotopic (exact) mass is 315 g/mol. The molecule has 0 radical (unpaired) electrons. The van der Waals surface area contributed by atoms with Crippen LogP contribution in [0.15, 0.2) is 23.1 Å². The molecule has 1 atom stereocenters. The van der Waals surface area contributed by atoms with Crippen LogP contribution in [-0.4, -0.2) is 36.7 Å². The third-order valence-corrected chi connectivity index (χ3v) is 5.21. The molecule has 1 rings (SSSR count). The predicted molar refractivity (Wildman–Crippen MR) is 78.9 cm³/mol. The molecule has 0 saturated heterocycles. The molecule has 0 saturated carbocycles. The molecule has 118 valence electrons. The molecule has 1 unspecified atom stereocenters. The van der Waals surface area contributed by atoms with Crippen molar-refractivity contribution >= 4 is 16.0 Å². The van der Waals surface area contributed by atoms with E-state index in [1.807, 2.05) is 6.92 Å². The lowest BCUT2D eigenvalue weighted by atomic mass is 9.97. The van der Waals surface area contributed by atoms with Crippen LogP contribution >= 0.6 is 0 Å². The molecule has 0 spiro atoms. The molecule has 0 aliphatic rings. The van der Waals surface area contributed by atoms with Crippen LogP contribution in [0.1, 0.15) is 42.6 Å². The van der Waals surface area contributed by atoms with Crippen LogP contribution in [0.5, 0.6) is 0 Å². The molecule has 21 heavy (non-hydrogen) atoms. The highest BCUT2D eigenvalue weighted by Gasteiger charge is 2.29. The van der Waals surface area contributed by atoms with Crippen LogP contribution in [0.2, 0.25) is 0 Å². The van der Waals surface area contributed by atoms with Crippen LogP contribution in [0, 0.1) is 6.92 Å². The molecule has 3 N–H and O–H groups in total. The van der Waals surface area contributed by atoms with Gasteiger partial charge in [0.05, 0.1) is 10.5 Å². The third-order valence-electron chi connectivity index (χ3n) is 3.57. The fraction of sp³-hybridized carbons (Fsp3) is 0.500. The van der Waals surface area contributed by atoms with E-state index in [4.69, 9.17) is 10.2 Å². The first kappa shape index (κ1) is 17.6. The highest BCUT2D eigenvalue weighted by molar-refractivity contribution is 7.89. The van der Waals surface area contributed by atoms with Gasteiger partial charge in [0.15, 0.2) is 0 Å². The lowest BCUT2D eigenvalue weighted by Crippen LogP contribution is -2.46. The summed E-state index contributed by atoms with van der Waals surface area (Å²) in [6.07, 6.45) is 0.783. The van der Waals surface area contributed by atoms with Crippen LogP contribution in [0.4, 0.5) is 0 Å². The molecule has 0 bridgehead atoms. The molecule has 0 fully saturated rings. The van der Waals surface area contributed by atoms with Crippen LogP contribution < -0.4 is 4.72 Å². The minimum atomic E-state index is -3.85. The molecule has 0 amide bonds. The van der Waals surface area contributed by atoms with E-state index in [0.717, 1.165) is 6.07 Å². The zero-order valence-electron chi connectivity index (χ0n) is 12.4. The van der Waals surface area contributed by atoms with Gasteiger partial charge in [-0.25, -0.2) is 17.9 Å². The van der Waals surface area contributed by atoms with Gasteiger partial charge in [0.25, 0.3) is 0 Å². The average molecular weight is 315 g/mol. The Bertz CT molecular complexity index is 626. The Morgan fingerprint density at radius 2 is 2.00 bits per heavy atom. The van der Waals surface area contributed by atoms with Gasteiger partial charge in [-0.2, -0.15) is 0 Å². The first-order valence-electron chi connectivity index (χ1n) is 6.64. The molecule has 0 aromatic heterocycles. The number of rotatable bonds is 7. The van der Waals surface area contributed by atoms with Gasteiger partial charge in [-0.05, 0) is 44.4 Å². The maximum Gasteiger partial charge on any atom is 0.335 e. The van der Waals surface area contributed by atoms with Crippen molar-refractivity contribution in [1.82, 2.24) is 4.72 Å². The summed E-state index contributed by atoms with van der Waals surface area (Å²) >= 11 is 0. The zero-order chi connectivity index (χ0) is 16.3. The second kappa shape index (κ2) is 6.55. The number of hydrogen-bond acceptors (Lipinski definition) is 4. The van der Waals surface area contributed by atoms with E-state index in [1.54, 1.807) is 13.8 Å². The summed E-state index contributed by atoms with van der Waals surface area (Å²) in [5.41, 5.74) is -0.324. The van der Waals surface area contributed by atoms with Gasteiger partial charge in [-0.3, -0.25) is 0 Å². The van der Waals surface area contributed by atoms with Gasteiger partial charge in [-0.15, -0.1) is 0 Å². The number of aliphatic hydroxyl groups is 1. The smallest absolute Gasteiger partial charge is 0.335 e. The zero-order valence-corrected chi connectivity index (χ0v) is 13.2. The number of sulfonamides is 1.